The Bertz CT molecular complexity index is 656. The van der Waals surface area contributed by atoms with Crippen molar-refractivity contribution in [2.24, 2.45) is 0 Å². The molecule has 1 atom stereocenters. The summed E-state index contributed by atoms with van der Waals surface area (Å²) < 4.78 is 5.60. The third-order valence-corrected chi connectivity index (χ3v) is 3.33. The van der Waals surface area contributed by atoms with E-state index < -0.39 is 0 Å². The number of benzene rings is 1. The van der Waals surface area contributed by atoms with E-state index in [-0.39, 0.29) is 11.7 Å². The van der Waals surface area contributed by atoms with Crippen molar-refractivity contribution < 1.29 is 4.74 Å². The number of nitrogens with one attached hydrogen (secondary N) is 1. The van der Waals surface area contributed by atoms with Crippen LogP contribution >= 0.6 is 0 Å². The lowest BCUT2D eigenvalue weighted by atomic mass is 10.0. The highest BCUT2D eigenvalue weighted by molar-refractivity contribution is 5.31. The quantitative estimate of drug-likeness (QED) is 0.918. The van der Waals surface area contributed by atoms with Crippen molar-refractivity contribution in [1.29, 1.82) is 0 Å². The second-order valence-electron chi connectivity index (χ2n) is 5.55. The Morgan fingerprint density at radius 2 is 1.86 bits per heavy atom. The van der Waals surface area contributed by atoms with Crippen molar-refractivity contribution in [3.63, 3.8) is 0 Å². The molecule has 0 fully saturated rings. The molecule has 2 aromatic rings. The molecule has 0 spiro atoms. The first-order valence-corrected chi connectivity index (χ1v) is 7.30. The Morgan fingerprint density at radius 3 is 2.48 bits per heavy atom. The molecule has 0 radical (unpaired) electrons. The second kappa shape index (κ2) is 6.57. The molecule has 1 aromatic carbocycles. The summed E-state index contributed by atoms with van der Waals surface area (Å²) in [7, 11) is 0. The first-order chi connectivity index (χ1) is 9.96. The zero-order valence-corrected chi connectivity index (χ0v) is 13.1. The highest BCUT2D eigenvalue weighted by atomic mass is 16.5. The molecule has 1 unspecified atom stereocenters. The molecule has 4 heteroatoms. The number of aromatic amines is 1. The smallest absolute Gasteiger partial charge is 0.296 e. The molecule has 1 aromatic heterocycles. The fraction of sp³-hybridized carbons (Fsp3) is 0.412. The molecule has 1 heterocycles. The minimum Gasteiger partial charge on any atom is -0.462 e. The fourth-order valence-corrected chi connectivity index (χ4v) is 2.28. The predicted octanol–water partition coefficient (Wildman–Crippen LogP) is 3.15. The Hall–Kier alpha value is -2.10. The van der Waals surface area contributed by atoms with Gasteiger partial charge in [0.2, 0.25) is 0 Å². The molecule has 0 aliphatic heterocycles. The first-order valence-electron chi connectivity index (χ1n) is 7.30. The number of aryl methyl sites for hydroxylation is 2. The Labute approximate surface area is 125 Å². The lowest BCUT2D eigenvalue weighted by Gasteiger charge is -2.12. The lowest BCUT2D eigenvalue weighted by Crippen LogP contribution is -2.17. The highest BCUT2D eigenvalue weighted by Crippen LogP contribution is 2.13. The lowest BCUT2D eigenvalue weighted by molar-refractivity contribution is 0.198. The number of hydrogen-bond acceptors (Lipinski definition) is 3. The molecular formula is C17H22N2O2. The third-order valence-electron chi connectivity index (χ3n) is 3.33. The van der Waals surface area contributed by atoms with E-state index in [0.29, 0.717) is 12.4 Å². The number of ether oxygens (including phenoxy) is 1. The fourth-order valence-electron chi connectivity index (χ4n) is 2.28. The van der Waals surface area contributed by atoms with Crippen molar-refractivity contribution in [2.45, 2.75) is 46.6 Å². The van der Waals surface area contributed by atoms with E-state index in [0.717, 1.165) is 17.7 Å². The van der Waals surface area contributed by atoms with Crippen molar-refractivity contribution in [1.82, 2.24) is 9.97 Å². The van der Waals surface area contributed by atoms with Crippen LogP contribution in [-0.2, 0) is 6.42 Å². The minimum atomic E-state index is -0.178. The van der Waals surface area contributed by atoms with Gasteiger partial charge in [0, 0.05) is 12.5 Å². The van der Waals surface area contributed by atoms with Crippen molar-refractivity contribution in [3.05, 3.63) is 57.0 Å². The van der Waals surface area contributed by atoms with Crippen LogP contribution in [0.15, 0.2) is 29.1 Å². The maximum Gasteiger partial charge on any atom is 0.296 e. The molecule has 4 nitrogen and oxygen atoms in total. The minimum absolute atomic E-state index is 0.0321. The predicted molar refractivity (Wildman–Crippen MR) is 84.0 cm³/mol. The van der Waals surface area contributed by atoms with Crippen LogP contribution in [-0.4, -0.2) is 16.1 Å². The summed E-state index contributed by atoms with van der Waals surface area (Å²) in [5, 5.41) is 0. The Balaban J connectivity index is 2.25. The van der Waals surface area contributed by atoms with E-state index in [2.05, 4.69) is 42.0 Å². The van der Waals surface area contributed by atoms with Gasteiger partial charge < -0.3 is 4.74 Å². The van der Waals surface area contributed by atoms with Gasteiger partial charge in [-0.1, -0.05) is 36.2 Å². The van der Waals surface area contributed by atoms with E-state index in [1.54, 1.807) is 0 Å². The van der Waals surface area contributed by atoms with Crippen LogP contribution in [0.1, 0.15) is 42.7 Å². The first kappa shape index (κ1) is 15.3. The monoisotopic (exact) mass is 286 g/mol. The van der Waals surface area contributed by atoms with Gasteiger partial charge in [0.05, 0.1) is 11.8 Å². The van der Waals surface area contributed by atoms with Gasteiger partial charge in [-0.15, -0.1) is 0 Å². The zero-order valence-electron chi connectivity index (χ0n) is 13.1. The summed E-state index contributed by atoms with van der Waals surface area (Å²) in [6.07, 6.45) is 1.53. The van der Waals surface area contributed by atoms with Gasteiger partial charge in [0.1, 0.15) is 0 Å². The molecule has 0 saturated carbocycles. The van der Waals surface area contributed by atoms with Crippen LogP contribution < -0.4 is 10.3 Å². The summed E-state index contributed by atoms with van der Waals surface area (Å²) in [5.41, 5.74) is 4.13. The van der Waals surface area contributed by atoms with E-state index in [1.165, 1.54) is 17.2 Å². The maximum absolute atomic E-state index is 11.7. The number of rotatable bonds is 5. The summed E-state index contributed by atoms with van der Waals surface area (Å²) in [6, 6.07) is 8.19. The number of nitrogens with zero attached hydrogens (tertiary/aromatic N) is 1. The topological polar surface area (TPSA) is 55.0 Å². The molecule has 0 aliphatic rings. The van der Waals surface area contributed by atoms with Crippen molar-refractivity contribution in [3.8, 4) is 6.01 Å². The van der Waals surface area contributed by atoms with Crippen LogP contribution in [0.25, 0.3) is 0 Å². The molecule has 21 heavy (non-hydrogen) atoms. The standard InChI is InChI=1S/C17H22N2O2/c1-5-13(4)21-17-18-15(10-16(20)19-17)9-14-7-11(2)6-12(3)8-14/h6-8,10,13H,5,9H2,1-4H3,(H,18,19,20). The summed E-state index contributed by atoms with van der Waals surface area (Å²) >= 11 is 0. The number of hydrogen-bond donors (Lipinski definition) is 1. The number of aromatic nitrogens is 2. The molecule has 0 amide bonds. The molecule has 0 saturated heterocycles. The summed E-state index contributed by atoms with van der Waals surface area (Å²) in [5.74, 6) is 0. The van der Waals surface area contributed by atoms with Gasteiger partial charge in [-0.3, -0.25) is 9.78 Å². The molecule has 0 aliphatic carbocycles. The molecule has 112 valence electrons. The highest BCUT2D eigenvalue weighted by Gasteiger charge is 2.07. The number of H-pyrrole nitrogens is 1. The molecule has 2 rings (SSSR count). The average molecular weight is 286 g/mol. The molecular weight excluding hydrogens is 264 g/mol. The van der Waals surface area contributed by atoms with Crippen molar-refractivity contribution >= 4 is 0 Å². The van der Waals surface area contributed by atoms with E-state index in [4.69, 9.17) is 4.74 Å². The average Bonchev–Trinajstić information content (AvgIpc) is 2.36. The van der Waals surface area contributed by atoms with E-state index in [9.17, 15) is 4.79 Å². The van der Waals surface area contributed by atoms with Crippen LogP contribution in [0.2, 0.25) is 0 Å². The van der Waals surface area contributed by atoms with Gasteiger partial charge >= 0.3 is 0 Å². The van der Waals surface area contributed by atoms with Crippen molar-refractivity contribution in [2.75, 3.05) is 0 Å². The van der Waals surface area contributed by atoms with Crippen LogP contribution in [0, 0.1) is 13.8 Å². The van der Waals surface area contributed by atoms with E-state index in [1.807, 2.05) is 13.8 Å². The van der Waals surface area contributed by atoms with Gasteiger partial charge in [-0.2, -0.15) is 0 Å². The van der Waals surface area contributed by atoms with Crippen LogP contribution in [0.4, 0.5) is 0 Å². The summed E-state index contributed by atoms with van der Waals surface area (Å²) in [6.45, 7) is 8.12. The van der Waals surface area contributed by atoms with Gasteiger partial charge in [0.25, 0.3) is 11.6 Å². The van der Waals surface area contributed by atoms with Gasteiger partial charge in [0.15, 0.2) is 0 Å². The third kappa shape index (κ3) is 4.45. The zero-order chi connectivity index (χ0) is 15.4. The Kier molecular flexibility index (Phi) is 4.78. The van der Waals surface area contributed by atoms with Gasteiger partial charge in [-0.25, -0.2) is 4.98 Å². The largest absolute Gasteiger partial charge is 0.462 e. The van der Waals surface area contributed by atoms with Gasteiger partial charge in [-0.05, 0) is 32.8 Å². The van der Waals surface area contributed by atoms with Crippen LogP contribution in [0.5, 0.6) is 6.01 Å². The molecule has 1 N–H and O–H groups in total. The SMILES string of the molecule is CCC(C)Oc1nc(Cc2cc(C)cc(C)c2)cc(=O)[nH]1. The molecule has 0 bridgehead atoms. The summed E-state index contributed by atoms with van der Waals surface area (Å²) in [4.78, 5) is 18.8. The normalized spacial score (nSPS) is 12.2. The van der Waals surface area contributed by atoms with E-state index >= 15 is 0 Å². The second-order valence-corrected chi connectivity index (χ2v) is 5.55. The Morgan fingerprint density at radius 1 is 1.19 bits per heavy atom. The van der Waals surface area contributed by atoms with Crippen LogP contribution in [0.3, 0.4) is 0 Å². The maximum atomic E-state index is 11.7.